The molecule has 1 aromatic carbocycles. The largest absolute Gasteiger partial charge is 0.416 e. The van der Waals surface area contributed by atoms with Gasteiger partial charge in [-0.05, 0) is 36.4 Å². The number of aromatic nitrogens is 5. The second-order valence-electron chi connectivity index (χ2n) is 5.49. The Bertz CT molecular complexity index is 1290. The van der Waals surface area contributed by atoms with Crippen LogP contribution in [-0.4, -0.2) is 25.1 Å². The number of halogens is 1. The van der Waals surface area contributed by atoms with Crippen LogP contribution in [0.25, 0.3) is 45.0 Å². The number of benzene rings is 1. The van der Waals surface area contributed by atoms with Crippen LogP contribution >= 0.6 is 15.9 Å². The fourth-order valence-corrected chi connectivity index (χ4v) is 3.11. The molecule has 0 saturated carbocycles. The van der Waals surface area contributed by atoms with Crippen LogP contribution in [0.5, 0.6) is 0 Å². The van der Waals surface area contributed by atoms with Gasteiger partial charge in [-0.25, -0.2) is 9.97 Å². The Morgan fingerprint density at radius 3 is 2.92 bits per heavy atom. The highest BCUT2D eigenvalue weighted by Gasteiger charge is 2.20. The molecule has 0 unspecified atom stereocenters. The Kier molecular flexibility index (Phi) is 2.95. The molecule has 5 rings (SSSR count). The average Bonchev–Trinajstić information content (AvgIpc) is 2.98. The van der Waals surface area contributed by atoms with E-state index in [1.807, 2.05) is 24.3 Å². The van der Waals surface area contributed by atoms with E-state index in [1.165, 1.54) is 0 Å². The van der Waals surface area contributed by atoms with Crippen molar-refractivity contribution in [2.45, 2.75) is 0 Å². The summed E-state index contributed by atoms with van der Waals surface area (Å²) in [5.74, 6) is 0.449. The van der Waals surface area contributed by atoms with Crippen molar-refractivity contribution >= 4 is 37.9 Å². The normalized spacial score (nSPS) is 11.6. The number of H-pyrrole nitrogens is 1. The molecule has 3 aromatic rings. The van der Waals surface area contributed by atoms with Gasteiger partial charge in [-0.2, -0.15) is 0 Å². The first-order valence-corrected chi connectivity index (χ1v) is 8.19. The quantitative estimate of drug-likeness (QED) is 0.468. The molecule has 2 aromatic heterocycles. The lowest BCUT2D eigenvalue weighted by Gasteiger charge is -2.02. The van der Waals surface area contributed by atoms with Gasteiger partial charge in [0.1, 0.15) is 11.2 Å². The Balaban J connectivity index is 1.76. The number of pyridine rings is 2. The molecular weight excluding hydrogens is 386 g/mol. The molecule has 0 aliphatic carbocycles. The van der Waals surface area contributed by atoms with E-state index in [4.69, 9.17) is 4.42 Å². The van der Waals surface area contributed by atoms with E-state index < -0.39 is 0 Å². The number of nitrogens with one attached hydrogen (secondary N) is 1. The maximum atomic E-state index is 12.3. The van der Waals surface area contributed by atoms with Crippen LogP contribution in [0.1, 0.15) is 0 Å². The molecule has 7 nitrogen and oxygen atoms in total. The lowest BCUT2D eigenvalue weighted by atomic mass is 10.2. The van der Waals surface area contributed by atoms with Crippen molar-refractivity contribution in [3.05, 3.63) is 57.4 Å². The molecule has 2 aliphatic heterocycles. The second-order valence-corrected chi connectivity index (χ2v) is 6.40. The van der Waals surface area contributed by atoms with Crippen molar-refractivity contribution in [1.29, 1.82) is 0 Å². The van der Waals surface area contributed by atoms with Gasteiger partial charge in [0.25, 0.3) is 17.3 Å². The molecule has 120 valence electrons. The van der Waals surface area contributed by atoms with Crippen molar-refractivity contribution in [2.75, 3.05) is 0 Å². The summed E-state index contributed by atoms with van der Waals surface area (Å²) in [6.07, 6.45) is 1.62. The zero-order valence-electron chi connectivity index (χ0n) is 12.5. The minimum Gasteiger partial charge on any atom is -0.416 e. The average molecular weight is 394 g/mol. The predicted octanol–water partition coefficient (Wildman–Crippen LogP) is 3.39. The first-order chi connectivity index (χ1) is 12.2. The highest BCUT2D eigenvalue weighted by molar-refractivity contribution is 9.10. The Morgan fingerprint density at radius 2 is 2.00 bits per heavy atom. The van der Waals surface area contributed by atoms with E-state index in [-0.39, 0.29) is 17.0 Å². The second kappa shape index (κ2) is 5.18. The molecule has 0 atom stereocenters. The van der Waals surface area contributed by atoms with Crippen molar-refractivity contribution in [3.8, 4) is 23.0 Å². The first kappa shape index (κ1) is 14.2. The molecule has 2 aliphatic rings. The van der Waals surface area contributed by atoms with Gasteiger partial charge in [0.05, 0.1) is 5.52 Å². The third-order valence-corrected chi connectivity index (χ3v) is 4.41. The van der Waals surface area contributed by atoms with Crippen LogP contribution in [0.4, 0.5) is 0 Å². The molecule has 0 saturated heterocycles. The summed E-state index contributed by atoms with van der Waals surface area (Å²) in [6, 6.07) is 11.0. The van der Waals surface area contributed by atoms with Crippen LogP contribution in [-0.2, 0) is 0 Å². The minimum absolute atomic E-state index is 0.112. The van der Waals surface area contributed by atoms with E-state index in [9.17, 15) is 4.79 Å². The summed E-state index contributed by atoms with van der Waals surface area (Å²) in [5, 5.41) is 9.91. The van der Waals surface area contributed by atoms with Gasteiger partial charge < -0.3 is 9.40 Å². The molecule has 0 bridgehead atoms. The third-order valence-electron chi connectivity index (χ3n) is 3.92. The SMILES string of the molecule is O=c1[nH]c2ncccc2cc1-c1nnc2c3cc(Br)ccc3nc-2o1. The van der Waals surface area contributed by atoms with Crippen molar-refractivity contribution in [3.63, 3.8) is 0 Å². The summed E-state index contributed by atoms with van der Waals surface area (Å²) in [4.78, 5) is 23.6. The molecule has 4 heterocycles. The van der Waals surface area contributed by atoms with Gasteiger partial charge >= 0.3 is 0 Å². The maximum absolute atomic E-state index is 12.3. The Hall–Kier alpha value is -3.13. The van der Waals surface area contributed by atoms with Gasteiger partial charge in [-0.3, -0.25) is 4.79 Å². The number of nitrogens with zero attached hydrogens (tertiary/aromatic N) is 4. The molecule has 0 amide bonds. The lowest BCUT2D eigenvalue weighted by Crippen LogP contribution is -2.10. The monoisotopic (exact) mass is 393 g/mol. The molecule has 0 spiro atoms. The molecule has 8 heteroatoms. The van der Waals surface area contributed by atoms with Crippen molar-refractivity contribution in [2.24, 2.45) is 0 Å². The molecule has 0 radical (unpaired) electrons. The van der Waals surface area contributed by atoms with Crippen LogP contribution in [0.3, 0.4) is 0 Å². The number of fused-ring (bicyclic) bond motifs is 4. The van der Waals surface area contributed by atoms with E-state index in [0.717, 1.165) is 20.8 Å². The summed E-state index contributed by atoms with van der Waals surface area (Å²) >= 11 is 3.43. The number of hydrogen-bond acceptors (Lipinski definition) is 6. The smallest absolute Gasteiger partial charge is 0.262 e. The Labute approximate surface area is 148 Å². The van der Waals surface area contributed by atoms with Crippen LogP contribution in [0.2, 0.25) is 0 Å². The van der Waals surface area contributed by atoms with Crippen molar-refractivity contribution < 1.29 is 4.42 Å². The van der Waals surface area contributed by atoms with Crippen LogP contribution in [0, 0.1) is 0 Å². The first-order valence-electron chi connectivity index (χ1n) is 7.40. The molecule has 1 N–H and O–H groups in total. The summed E-state index contributed by atoms with van der Waals surface area (Å²) < 4.78 is 6.68. The number of hydrogen-bond donors (Lipinski definition) is 1. The molecular formula is C17H8BrN5O2. The predicted molar refractivity (Wildman–Crippen MR) is 95.3 cm³/mol. The number of rotatable bonds is 1. The van der Waals surface area contributed by atoms with Gasteiger partial charge in [0, 0.05) is 21.4 Å². The highest BCUT2D eigenvalue weighted by atomic mass is 79.9. The van der Waals surface area contributed by atoms with Gasteiger partial charge in [0.15, 0.2) is 5.69 Å². The molecule has 0 fully saturated rings. The highest BCUT2D eigenvalue weighted by Crippen LogP contribution is 2.32. The molecule has 25 heavy (non-hydrogen) atoms. The van der Waals surface area contributed by atoms with E-state index in [0.29, 0.717) is 17.2 Å². The fourth-order valence-electron chi connectivity index (χ4n) is 2.75. The zero-order valence-corrected chi connectivity index (χ0v) is 14.1. The van der Waals surface area contributed by atoms with E-state index in [1.54, 1.807) is 18.3 Å². The topological polar surface area (TPSA) is 97.6 Å². The summed E-state index contributed by atoms with van der Waals surface area (Å²) in [7, 11) is 0. The Morgan fingerprint density at radius 1 is 1.08 bits per heavy atom. The van der Waals surface area contributed by atoms with Gasteiger partial charge in [-0.15, -0.1) is 10.2 Å². The van der Waals surface area contributed by atoms with E-state index >= 15 is 0 Å². The number of aromatic amines is 1. The van der Waals surface area contributed by atoms with Crippen LogP contribution < -0.4 is 5.56 Å². The maximum Gasteiger partial charge on any atom is 0.262 e. The van der Waals surface area contributed by atoms with Gasteiger partial charge in [-0.1, -0.05) is 15.9 Å². The minimum atomic E-state index is -0.345. The van der Waals surface area contributed by atoms with E-state index in [2.05, 4.69) is 41.1 Å². The third kappa shape index (κ3) is 2.22. The zero-order chi connectivity index (χ0) is 17.0. The van der Waals surface area contributed by atoms with Gasteiger partial charge in [0.2, 0.25) is 0 Å². The lowest BCUT2D eigenvalue weighted by molar-refractivity contribution is 0.530. The fraction of sp³-hybridized carbons (Fsp3) is 0. The standard InChI is InChI=1S/C17H8BrN5O2/c18-9-3-4-12-10(7-9)13-17(20-12)25-16(23-22-13)11-6-8-2-1-5-19-14(8)21-15(11)24/h1-7H,(H,19,21,24). The summed E-state index contributed by atoms with van der Waals surface area (Å²) in [5.41, 5.74) is 1.75. The van der Waals surface area contributed by atoms with Crippen LogP contribution in [0.15, 0.2) is 56.3 Å². The summed E-state index contributed by atoms with van der Waals surface area (Å²) in [6.45, 7) is 0. The van der Waals surface area contributed by atoms with Crippen molar-refractivity contribution in [1.82, 2.24) is 25.1 Å².